The number of hydrogen-bond donors (Lipinski definition) is 2. The van der Waals surface area contributed by atoms with Crippen LogP contribution in [0.3, 0.4) is 0 Å². The fraction of sp³-hybridized carbons (Fsp3) is 0.276. The molecule has 0 spiro atoms. The maximum atomic E-state index is 13.4. The Hall–Kier alpha value is -4.13. The summed E-state index contributed by atoms with van der Waals surface area (Å²) in [6.07, 6.45) is 3.11. The van der Waals surface area contributed by atoms with Gasteiger partial charge in [-0.3, -0.25) is 14.5 Å². The van der Waals surface area contributed by atoms with Crippen LogP contribution in [0.4, 0.5) is 4.79 Å². The van der Waals surface area contributed by atoms with E-state index in [2.05, 4.69) is 10.6 Å². The zero-order valence-corrected chi connectivity index (χ0v) is 20.4. The molecule has 2 atom stereocenters. The highest BCUT2D eigenvalue weighted by atomic mass is 16.5. The molecular formula is C29H29N3O4. The van der Waals surface area contributed by atoms with Gasteiger partial charge in [0.2, 0.25) is 5.91 Å². The van der Waals surface area contributed by atoms with Gasteiger partial charge in [-0.15, -0.1) is 0 Å². The van der Waals surface area contributed by atoms with Crippen LogP contribution in [0.5, 0.6) is 5.75 Å². The van der Waals surface area contributed by atoms with Crippen LogP contribution in [0.2, 0.25) is 0 Å². The Kier molecular flexibility index (Phi) is 6.22. The topological polar surface area (TPSA) is 87.7 Å². The molecule has 5 rings (SSSR count). The van der Waals surface area contributed by atoms with Gasteiger partial charge in [-0.1, -0.05) is 60.7 Å². The van der Waals surface area contributed by atoms with Crippen molar-refractivity contribution >= 4 is 17.8 Å². The third-order valence-electron chi connectivity index (χ3n) is 7.14. The van der Waals surface area contributed by atoms with E-state index in [9.17, 15) is 14.4 Å². The third kappa shape index (κ3) is 4.33. The monoisotopic (exact) mass is 483 g/mol. The second-order valence-corrected chi connectivity index (χ2v) is 9.47. The molecule has 7 nitrogen and oxygen atoms in total. The van der Waals surface area contributed by atoms with Crippen LogP contribution in [0, 0.1) is 0 Å². The fourth-order valence-corrected chi connectivity index (χ4v) is 5.07. The number of fused-ring (bicyclic) bond motifs is 1. The van der Waals surface area contributed by atoms with Crippen LogP contribution in [0.25, 0.3) is 0 Å². The highest BCUT2D eigenvalue weighted by Gasteiger charge is 2.49. The Bertz CT molecular complexity index is 1310. The lowest BCUT2D eigenvalue weighted by molar-refractivity contribution is -0.135. The van der Waals surface area contributed by atoms with Crippen LogP contribution < -0.4 is 15.4 Å². The molecule has 0 bridgehead atoms. The molecule has 0 unspecified atom stereocenters. The second kappa shape index (κ2) is 9.49. The number of nitrogens with zero attached hydrogens (tertiary/aromatic N) is 1. The minimum Gasteiger partial charge on any atom is -0.497 e. The van der Waals surface area contributed by atoms with E-state index in [4.69, 9.17) is 4.74 Å². The number of methoxy groups -OCH3 is 1. The summed E-state index contributed by atoms with van der Waals surface area (Å²) in [7, 11) is 1.60. The van der Waals surface area contributed by atoms with Crippen molar-refractivity contribution in [3.05, 3.63) is 101 Å². The molecule has 2 aliphatic rings. The lowest BCUT2D eigenvalue weighted by atomic mass is 9.89. The quantitative estimate of drug-likeness (QED) is 0.500. The van der Waals surface area contributed by atoms with Crippen molar-refractivity contribution in [2.45, 2.75) is 37.8 Å². The number of benzene rings is 3. The smallest absolute Gasteiger partial charge is 0.325 e. The van der Waals surface area contributed by atoms with Crippen molar-refractivity contribution in [1.29, 1.82) is 0 Å². The lowest BCUT2D eigenvalue weighted by Gasteiger charge is -2.24. The highest BCUT2D eigenvalue weighted by Crippen LogP contribution is 2.32. The Morgan fingerprint density at radius 1 is 1.00 bits per heavy atom. The Morgan fingerprint density at radius 2 is 1.69 bits per heavy atom. The molecule has 1 saturated heterocycles. The Morgan fingerprint density at radius 3 is 2.42 bits per heavy atom. The van der Waals surface area contributed by atoms with E-state index >= 15 is 0 Å². The van der Waals surface area contributed by atoms with Crippen LogP contribution in [-0.2, 0) is 28.0 Å². The van der Waals surface area contributed by atoms with Gasteiger partial charge in [0.05, 0.1) is 13.2 Å². The van der Waals surface area contributed by atoms with E-state index in [1.54, 1.807) is 14.0 Å². The van der Waals surface area contributed by atoms with E-state index in [1.165, 1.54) is 11.1 Å². The molecule has 4 amide bonds. The first-order valence-electron chi connectivity index (χ1n) is 12.1. The van der Waals surface area contributed by atoms with Gasteiger partial charge in [0.15, 0.2) is 0 Å². The third-order valence-corrected chi connectivity index (χ3v) is 7.14. The van der Waals surface area contributed by atoms with E-state index in [0.717, 1.165) is 40.9 Å². The average molecular weight is 484 g/mol. The van der Waals surface area contributed by atoms with Gasteiger partial charge < -0.3 is 15.4 Å². The SMILES string of the molecule is COc1ccc([C@@H](NC(=O)CN2C(=O)N[C@](C)(c3ccc4c(c3)CCC4)C2=O)c2ccccc2)cc1. The summed E-state index contributed by atoms with van der Waals surface area (Å²) in [5.41, 5.74) is 3.79. The zero-order chi connectivity index (χ0) is 25.3. The van der Waals surface area contributed by atoms with Gasteiger partial charge in [-0.2, -0.15) is 0 Å². The Labute approximate surface area is 210 Å². The molecule has 184 valence electrons. The first kappa shape index (κ1) is 23.6. The number of carbonyl (C=O) groups is 3. The highest BCUT2D eigenvalue weighted by molar-refractivity contribution is 6.09. The van der Waals surface area contributed by atoms with E-state index in [0.29, 0.717) is 5.75 Å². The number of ether oxygens (including phenoxy) is 1. The molecule has 2 N–H and O–H groups in total. The molecule has 1 aliphatic heterocycles. The van der Waals surface area contributed by atoms with Gasteiger partial charge in [-0.25, -0.2) is 4.79 Å². The molecule has 0 radical (unpaired) electrons. The number of rotatable bonds is 7. The Balaban J connectivity index is 1.35. The zero-order valence-electron chi connectivity index (χ0n) is 20.4. The van der Waals surface area contributed by atoms with Crippen LogP contribution >= 0.6 is 0 Å². The van der Waals surface area contributed by atoms with Gasteiger partial charge in [0, 0.05) is 0 Å². The summed E-state index contributed by atoms with van der Waals surface area (Å²) in [4.78, 5) is 40.4. The summed E-state index contributed by atoms with van der Waals surface area (Å²) < 4.78 is 5.25. The first-order valence-corrected chi connectivity index (χ1v) is 12.1. The van der Waals surface area contributed by atoms with Gasteiger partial charge in [0.25, 0.3) is 5.91 Å². The molecule has 3 aromatic rings. The predicted molar refractivity (Wildman–Crippen MR) is 135 cm³/mol. The van der Waals surface area contributed by atoms with Crippen molar-refractivity contribution < 1.29 is 19.1 Å². The van der Waals surface area contributed by atoms with Crippen LogP contribution in [0.1, 0.15) is 47.2 Å². The number of imide groups is 1. The summed E-state index contributed by atoms with van der Waals surface area (Å²) in [6.45, 7) is 1.33. The van der Waals surface area contributed by atoms with Gasteiger partial charge in [-0.05, 0) is 66.1 Å². The number of hydrogen-bond acceptors (Lipinski definition) is 4. The summed E-state index contributed by atoms with van der Waals surface area (Å²) in [5.74, 6) is -0.148. The van der Waals surface area contributed by atoms with E-state index in [1.807, 2.05) is 72.8 Å². The molecule has 1 heterocycles. The predicted octanol–water partition coefficient (Wildman–Crippen LogP) is 3.86. The lowest BCUT2D eigenvalue weighted by Crippen LogP contribution is -2.44. The molecule has 0 saturated carbocycles. The van der Waals surface area contributed by atoms with Crippen molar-refractivity contribution in [2.75, 3.05) is 13.7 Å². The van der Waals surface area contributed by atoms with Gasteiger partial charge >= 0.3 is 6.03 Å². The normalized spacial score (nSPS) is 19.6. The van der Waals surface area contributed by atoms with Gasteiger partial charge in [0.1, 0.15) is 17.8 Å². The number of aryl methyl sites for hydroxylation is 2. The molecule has 36 heavy (non-hydrogen) atoms. The molecule has 3 aromatic carbocycles. The average Bonchev–Trinajstić information content (AvgIpc) is 3.46. The fourth-order valence-electron chi connectivity index (χ4n) is 5.07. The maximum absolute atomic E-state index is 13.4. The van der Waals surface area contributed by atoms with Crippen LogP contribution in [-0.4, -0.2) is 36.4 Å². The van der Waals surface area contributed by atoms with E-state index < -0.39 is 29.4 Å². The summed E-state index contributed by atoms with van der Waals surface area (Å²) in [6, 6.07) is 21.9. The van der Waals surface area contributed by atoms with Crippen molar-refractivity contribution in [3.63, 3.8) is 0 Å². The maximum Gasteiger partial charge on any atom is 0.325 e. The van der Waals surface area contributed by atoms with Crippen molar-refractivity contribution in [3.8, 4) is 5.75 Å². The number of nitrogens with one attached hydrogen (secondary N) is 2. The standard InChI is InChI=1S/C29H29N3O4/c1-29(23-14-11-19-9-6-10-22(19)17-23)27(34)32(28(35)31-29)18-25(33)30-26(20-7-4-3-5-8-20)21-12-15-24(36-2)16-13-21/h3-5,7-8,11-17,26H,6,9-10,18H2,1-2H3,(H,30,33)(H,31,35)/t26-,29+/m0/s1. The minimum atomic E-state index is -1.20. The molecule has 0 aromatic heterocycles. The van der Waals surface area contributed by atoms with Crippen molar-refractivity contribution in [2.24, 2.45) is 0 Å². The van der Waals surface area contributed by atoms with Crippen molar-refractivity contribution in [1.82, 2.24) is 15.5 Å². The number of carbonyl (C=O) groups excluding carboxylic acids is 3. The second-order valence-electron chi connectivity index (χ2n) is 9.47. The number of amides is 4. The largest absolute Gasteiger partial charge is 0.497 e. The molecule has 1 fully saturated rings. The number of urea groups is 1. The first-order chi connectivity index (χ1) is 17.4. The van der Waals surface area contributed by atoms with E-state index in [-0.39, 0.29) is 6.54 Å². The minimum absolute atomic E-state index is 0.370. The molecular weight excluding hydrogens is 454 g/mol. The van der Waals surface area contributed by atoms with Crippen LogP contribution in [0.15, 0.2) is 72.8 Å². The molecule has 7 heteroatoms. The summed E-state index contributed by atoms with van der Waals surface area (Å²) in [5, 5.41) is 5.82. The summed E-state index contributed by atoms with van der Waals surface area (Å²) >= 11 is 0. The molecule has 1 aliphatic carbocycles.